The third kappa shape index (κ3) is 4.04. The van der Waals surface area contributed by atoms with Gasteiger partial charge in [0.05, 0.1) is 17.3 Å². The molecule has 8 nitrogen and oxygen atoms in total. The number of benzene rings is 1. The van der Waals surface area contributed by atoms with E-state index in [1.54, 1.807) is 4.57 Å². The first-order valence-corrected chi connectivity index (χ1v) is 9.72. The van der Waals surface area contributed by atoms with Gasteiger partial charge in [0.25, 0.3) is 5.91 Å². The fourth-order valence-corrected chi connectivity index (χ4v) is 4.05. The van der Waals surface area contributed by atoms with Crippen LogP contribution in [0.5, 0.6) is 0 Å². The lowest BCUT2D eigenvalue weighted by Gasteiger charge is -2.10. The Balaban J connectivity index is 2.01. The van der Waals surface area contributed by atoms with E-state index in [4.69, 9.17) is 4.74 Å². The highest BCUT2D eigenvalue weighted by molar-refractivity contribution is 7.16. The van der Waals surface area contributed by atoms with E-state index in [1.165, 1.54) is 18.4 Å². The summed E-state index contributed by atoms with van der Waals surface area (Å²) in [4.78, 5) is 53.0. The van der Waals surface area contributed by atoms with Crippen LogP contribution in [0.25, 0.3) is 10.2 Å². The van der Waals surface area contributed by atoms with Crippen molar-refractivity contribution in [1.29, 1.82) is 0 Å². The van der Waals surface area contributed by atoms with Gasteiger partial charge in [0, 0.05) is 12.8 Å². The number of carbonyl (C=O) groups is 4. The van der Waals surface area contributed by atoms with Gasteiger partial charge in [-0.15, -0.1) is 0 Å². The molecule has 0 spiro atoms. The molecular formula is C19H21N3O5S. The fourth-order valence-electron chi connectivity index (χ4n) is 2.96. The summed E-state index contributed by atoms with van der Waals surface area (Å²) >= 11 is 1.28. The minimum atomic E-state index is -0.613. The van der Waals surface area contributed by atoms with Crippen LogP contribution in [0.15, 0.2) is 23.2 Å². The van der Waals surface area contributed by atoms with Crippen LogP contribution in [-0.2, 0) is 30.5 Å². The monoisotopic (exact) mass is 403 g/mol. The van der Waals surface area contributed by atoms with Gasteiger partial charge in [0.15, 0.2) is 4.80 Å². The van der Waals surface area contributed by atoms with Crippen LogP contribution in [0, 0.1) is 0 Å². The Morgan fingerprint density at radius 3 is 2.46 bits per heavy atom. The molecule has 3 amide bonds. The highest BCUT2D eigenvalue weighted by Crippen LogP contribution is 2.23. The van der Waals surface area contributed by atoms with Crippen molar-refractivity contribution in [2.24, 2.45) is 4.99 Å². The maximum Gasteiger partial charge on any atom is 0.325 e. The number of nitrogens with zero attached hydrogens (tertiary/aromatic N) is 3. The third-order valence-corrected chi connectivity index (χ3v) is 5.60. The first kappa shape index (κ1) is 19.9. The number of rotatable bonds is 5. The molecule has 1 fully saturated rings. The standard InChI is InChI=1S/C19H21N3O5S/c1-11(2)12-4-5-13-14(8-12)28-19(21(13)10-18(26)27-3)20-15(23)9-22-16(24)6-7-17(22)25/h4-5,8,11H,6-7,9-10H2,1-3H3. The van der Waals surface area contributed by atoms with E-state index in [0.717, 1.165) is 20.7 Å². The van der Waals surface area contributed by atoms with E-state index >= 15 is 0 Å². The predicted molar refractivity (Wildman–Crippen MR) is 102 cm³/mol. The van der Waals surface area contributed by atoms with Crippen molar-refractivity contribution in [3.05, 3.63) is 28.6 Å². The second kappa shape index (κ2) is 8.05. The number of amides is 3. The van der Waals surface area contributed by atoms with Gasteiger partial charge in [0.1, 0.15) is 13.1 Å². The Morgan fingerprint density at radius 2 is 1.86 bits per heavy atom. The zero-order chi connectivity index (χ0) is 20.4. The summed E-state index contributed by atoms with van der Waals surface area (Å²) in [5.41, 5.74) is 1.89. The van der Waals surface area contributed by atoms with Crippen molar-refractivity contribution < 1.29 is 23.9 Å². The van der Waals surface area contributed by atoms with Gasteiger partial charge in [-0.2, -0.15) is 4.99 Å². The molecule has 1 aliphatic heterocycles. The smallest absolute Gasteiger partial charge is 0.325 e. The van der Waals surface area contributed by atoms with Crippen molar-refractivity contribution in [3.8, 4) is 0 Å². The number of hydrogen-bond acceptors (Lipinski definition) is 6. The van der Waals surface area contributed by atoms with Gasteiger partial charge in [-0.25, -0.2) is 0 Å². The van der Waals surface area contributed by atoms with Crippen molar-refractivity contribution in [3.63, 3.8) is 0 Å². The van der Waals surface area contributed by atoms with E-state index < -0.39 is 11.9 Å². The molecule has 0 N–H and O–H groups in total. The molecule has 0 unspecified atom stereocenters. The highest BCUT2D eigenvalue weighted by Gasteiger charge is 2.30. The number of esters is 1. The van der Waals surface area contributed by atoms with E-state index in [9.17, 15) is 19.2 Å². The lowest BCUT2D eigenvalue weighted by molar-refractivity contribution is -0.142. The Hall–Kier alpha value is -2.81. The van der Waals surface area contributed by atoms with Crippen LogP contribution >= 0.6 is 11.3 Å². The van der Waals surface area contributed by atoms with Crippen molar-refractivity contribution in [1.82, 2.24) is 9.47 Å². The summed E-state index contributed by atoms with van der Waals surface area (Å²) in [5.74, 6) is -1.48. The van der Waals surface area contributed by atoms with Gasteiger partial charge < -0.3 is 9.30 Å². The van der Waals surface area contributed by atoms with Gasteiger partial charge in [-0.1, -0.05) is 31.3 Å². The number of hydrogen-bond donors (Lipinski definition) is 0. The fraction of sp³-hybridized carbons (Fsp3) is 0.421. The summed E-state index contributed by atoms with van der Waals surface area (Å²) in [7, 11) is 1.29. The second-order valence-corrected chi connectivity index (χ2v) is 7.82. The maximum absolute atomic E-state index is 12.4. The number of carbonyl (C=O) groups excluding carboxylic acids is 4. The number of fused-ring (bicyclic) bond motifs is 1. The lowest BCUT2D eigenvalue weighted by atomic mass is 10.0. The SMILES string of the molecule is COC(=O)Cn1c(=NC(=O)CN2C(=O)CCC2=O)sc2cc(C(C)C)ccc21. The molecule has 1 saturated heterocycles. The van der Waals surface area contributed by atoms with Crippen LogP contribution in [0.4, 0.5) is 0 Å². The molecule has 1 aliphatic rings. The number of ether oxygens (including phenoxy) is 1. The Bertz CT molecular complexity index is 1020. The van der Waals surface area contributed by atoms with Crippen LogP contribution in [-0.4, -0.2) is 46.8 Å². The largest absolute Gasteiger partial charge is 0.468 e. The molecular weight excluding hydrogens is 382 g/mol. The summed E-state index contributed by atoms with van der Waals surface area (Å²) in [6.07, 6.45) is 0.241. The first-order chi connectivity index (χ1) is 13.3. The molecule has 0 saturated carbocycles. The van der Waals surface area contributed by atoms with Crippen molar-refractivity contribution in [2.75, 3.05) is 13.7 Å². The maximum atomic E-state index is 12.4. The normalized spacial score (nSPS) is 15.1. The first-order valence-electron chi connectivity index (χ1n) is 8.91. The number of aromatic nitrogens is 1. The van der Waals surface area contributed by atoms with Gasteiger partial charge in [-0.3, -0.25) is 24.1 Å². The van der Waals surface area contributed by atoms with Gasteiger partial charge in [-0.05, 0) is 23.6 Å². The van der Waals surface area contributed by atoms with Crippen LogP contribution in [0.1, 0.15) is 38.2 Å². The zero-order valence-electron chi connectivity index (χ0n) is 15.9. The molecule has 0 bridgehead atoms. The topological polar surface area (TPSA) is 98.0 Å². The summed E-state index contributed by atoms with van der Waals surface area (Å²) in [5, 5.41) is 0. The minimum absolute atomic E-state index is 0.0920. The Labute approximate surface area is 165 Å². The number of thiazole rings is 1. The van der Waals surface area contributed by atoms with Crippen LogP contribution in [0.2, 0.25) is 0 Å². The van der Waals surface area contributed by atoms with Crippen molar-refractivity contribution >= 4 is 45.2 Å². The third-order valence-electron chi connectivity index (χ3n) is 4.56. The van der Waals surface area contributed by atoms with E-state index in [-0.39, 0.29) is 37.7 Å². The Kier molecular flexibility index (Phi) is 5.73. The molecule has 9 heteroatoms. The molecule has 3 rings (SSSR count). The van der Waals surface area contributed by atoms with Crippen LogP contribution in [0.3, 0.4) is 0 Å². The van der Waals surface area contributed by atoms with E-state index in [1.807, 2.05) is 18.2 Å². The molecule has 0 atom stereocenters. The quantitative estimate of drug-likeness (QED) is 0.558. The molecule has 0 radical (unpaired) electrons. The Morgan fingerprint density at radius 1 is 1.18 bits per heavy atom. The predicted octanol–water partition coefficient (Wildman–Crippen LogP) is 1.58. The molecule has 148 valence electrons. The average Bonchev–Trinajstić information content (AvgIpc) is 3.15. The molecule has 0 aliphatic carbocycles. The molecule has 1 aromatic carbocycles. The zero-order valence-corrected chi connectivity index (χ0v) is 16.7. The van der Waals surface area contributed by atoms with Crippen LogP contribution < -0.4 is 4.80 Å². The number of likely N-dealkylation sites (tertiary alicyclic amines) is 1. The molecule has 1 aromatic heterocycles. The molecule has 2 aromatic rings. The van der Waals surface area contributed by atoms with Gasteiger partial charge in [0.2, 0.25) is 11.8 Å². The second-order valence-electron chi connectivity index (χ2n) is 6.81. The lowest BCUT2D eigenvalue weighted by Crippen LogP contribution is -2.34. The van der Waals surface area contributed by atoms with E-state index in [2.05, 4.69) is 18.8 Å². The highest BCUT2D eigenvalue weighted by atomic mass is 32.1. The number of methoxy groups -OCH3 is 1. The number of imide groups is 1. The summed E-state index contributed by atoms with van der Waals surface area (Å²) in [6.45, 7) is 3.68. The van der Waals surface area contributed by atoms with Gasteiger partial charge >= 0.3 is 5.97 Å². The summed E-state index contributed by atoms with van der Waals surface area (Å²) in [6, 6.07) is 5.87. The summed E-state index contributed by atoms with van der Waals surface area (Å²) < 4.78 is 7.25. The average molecular weight is 403 g/mol. The van der Waals surface area contributed by atoms with E-state index in [0.29, 0.717) is 10.7 Å². The van der Waals surface area contributed by atoms with Crippen molar-refractivity contribution in [2.45, 2.75) is 39.2 Å². The minimum Gasteiger partial charge on any atom is -0.468 e. The molecule has 2 heterocycles. The molecule has 28 heavy (non-hydrogen) atoms.